The molecular weight excluding hydrogens is 509 g/mol. The van der Waals surface area contributed by atoms with Crippen molar-refractivity contribution in [2.45, 2.75) is 41.5 Å². The zero-order valence-corrected chi connectivity index (χ0v) is 26.2. The van der Waals surface area contributed by atoms with Crippen LogP contribution < -0.4 is 21.3 Å². The Hall–Kier alpha value is -4.37. The molecule has 0 aliphatic carbocycles. The highest BCUT2D eigenvalue weighted by atomic mass is 16.1. The van der Waals surface area contributed by atoms with Crippen molar-refractivity contribution in [1.29, 1.82) is 0 Å². The molecule has 0 N–H and O–H groups in total. The highest BCUT2D eigenvalue weighted by molar-refractivity contribution is 6.97. The lowest BCUT2D eigenvalue weighted by Crippen LogP contribution is -2.56. The largest absolute Gasteiger partial charge is 0.377 e. The van der Waals surface area contributed by atoms with Crippen LogP contribution >= 0.6 is 0 Å². The van der Waals surface area contributed by atoms with Crippen LogP contribution in [0.5, 0.6) is 0 Å². The molecule has 0 aromatic heterocycles. The van der Waals surface area contributed by atoms with Crippen molar-refractivity contribution in [2.24, 2.45) is 0 Å². The van der Waals surface area contributed by atoms with E-state index in [0.29, 0.717) is 5.56 Å². The van der Waals surface area contributed by atoms with E-state index >= 15 is 0 Å². The summed E-state index contributed by atoms with van der Waals surface area (Å²) in [4.78, 5) is 13.5. The van der Waals surface area contributed by atoms with E-state index in [0.717, 1.165) is 17.4 Å². The number of carbonyl (C=O) groups is 1. The van der Waals surface area contributed by atoms with Crippen LogP contribution in [0.3, 0.4) is 0 Å². The van der Waals surface area contributed by atoms with Crippen LogP contribution in [-0.4, -0.2) is 27.1 Å². The number of carbonyl (C=O) groups excluding carboxylic acids is 1. The first kappa shape index (κ1) is 29.1. The van der Waals surface area contributed by atoms with Gasteiger partial charge in [0.2, 0.25) is 6.71 Å². The fourth-order valence-corrected chi connectivity index (χ4v) is 6.82. The Kier molecular flexibility index (Phi) is 8.23. The predicted octanol–water partition coefficient (Wildman–Crippen LogP) is 7.27. The second kappa shape index (κ2) is 11.9. The maximum absolute atomic E-state index is 11.3. The van der Waals surface area contributed by atoms with Crippen molar-refractivity contribution < 1.29 is 4.79 Å². The van der Waals surface area contributed by atoms with Gasteiger partial charge in [-0.25, -0.2) is 0 Å². The average molecular weight is 550 g/mol. The smallest absolute Gasteiger partial charge is 0.243 e. The number of anilines is 1. The van der Waals surface area contributed by atoms with Crippen molar-refractivity contribution in [2.75, 3.05) is 19.0 Å². The van der Waals surface area contributed by atoms with Crippen molar-refractivity contribution in [3.63, 3.8) is 0 Å². The van der Waals surface area contributed by atoms with Crippen LogP contribution in [0, 0.1) is 41.5 Å². The van der Waals surface area contributed by atoms with Crippen LogP contribution in [0.15, 0.2) is 91.0 Å². The van der Waals surface area contributed by atoms with Gasteiger partial charge in [-0.1, -0.05) is 129 Å². The number of aldehydes is 1. The molecule has 2 nitrogen and oxygen atoms in total. The molecular formula is C39H40BNO. The number of rotatable bonds is 7. The van der Waals surface area contributed by atoms with E-state index in [9.17, 15) is 4.79 Å². The quantitative estimate of drug-likeness (QED) is 0.157. The third-order valence-electron chi connectivity index (χ3n) is 8.47. The zero-order valence-electron chi connectivity index (χ0n) is 26.2. The van der Waals surface area contributed by atoms with Crippen LogP contribution in [-0.2, 0) is 0 Å². The Labute approximate surface area is 252 Å². The lowest BCUT2D eigenvalue weighted by atomic mass is 9.33. The van der Waals surface area contributed by atoms with Gasteiger partial charge in [0.25, 0.3) is 0 Å². The van der Waals surface area contributed by atoms with Gasteiger partial charge in [0.1, 0.15) is 6.29 Å². The molecule has 0 saturated carbocycles. The molecule has 5 aromatic carbocycles. The number of hydrogen-bond donors (Lipinski definition) is 0. The fourth-order valence-electron chi connectivity index (χ4n) is 6.82. The second-order valence-corrected chi connectivity index (χ2v) is 12.0. The monoisotopic (exact) mass is 549 g/mol. The topological polar surface area (TPSA) is 20.3 Å². The third-order valence-corrected chi connectivity index (χ3v) is 8.47. The molecule has 0 spiro atoms. The average Bonchev–Trinajstić information content (AvgIpc) is 2.95. The molecule has 5 rings (SSSR count). The van der Waals surface area contributed by atoms with Gasteiger partial charge in [-0.15, -0.1) is 0 Å². The van der Waals surface area contributed by atoms with Crippen LogP contribution in [0.25, 0.3) is 22.3 Å². The first-order valence-electron chi connectivity index (χ1n) is 14.7. The van der Waals surface area contributed by atoms with Crippen molar-refractivity contribution in [3.8, 4) is 22.3 Å². The summed E-state index contributed by atoms with van der Waals surface area (Å²) in [7, 11) is 4.22. The lowest BCUT2D eigenvalue weighted by molar-refractivity contribution is 0.112. The molecule has 3 heteroatoms. The zero-order chi connectivity index (χ0) is 30.1. The van der Waals surface area contributed by atoms with Gasteiger partial charge in [-0.2, -0.15) is 0 Å². The van der Waals surface area contributed by atoms with E-state index in [2.05, 4.69) is 127 Å². The summed E-state index contributed by atoms with van der Waals surface area (Å²) in [6.45, 7) is 13.5. The van der Waals surface area contributed by atoms with E-state index in [4.69, 9.17) is 0 Å². The number of benzene rings is 5. The summed E-state index contributed by atoms with van der Waals surface area (Å²) in [6, 6.07) is 32.8. The molecule has 0 saturated heterocycles. The van der Waals surface area contributed by atoms with Crippen molar-refractivity contribution >= 4 is 35.1 Å². The van der Waals surface area contributed by atoms with E-state index < -0.39 is 0 Å². The fraction of sp³-hybridized carbons (Fsp3) is 0.205. The van der Waals surface area contributed by atoms with Crippen LogP contribution in [0.4, 0.5) is 5.69 Å². The summed E-state index contributed by atoms with van der Waals surface area (Å²) in [5, 5.41) is 0. The minimum atomic E-state index is 0.0768. The van der Waals surface area contributed by atoms with Crippen LogP contribution in [0.2, 0.25) is 0 Å². The Balaban J connectivity index is 1.82. The highest BCUT2D eigenvalue weighted by Crippen LogP contribution is 2.34. The first-order chi connectivity index (χ1) is 20.1. The molecule has 0 bridgehead atoms. The van der Waals surface area contributed by atoms with E-state index in [1.165, 1.54) is 66.6 Å². The Bertz CT molecular complexity index is 1680. The van der Waals surface area contributed by atoms with Gasteiger partial charge in [0.05, 0.1) is 0 Å². The summed E-state index contributed by atoms with van der Waals surface area (Å²) >= 11 is 0. The maximum atomic E-state index is 11.3. The molecule has 42 heavy (non-hydrogen) atoms. The number of nitrogens with zero attached hydrogens (tertiary/aromatic N) is 1. The van der Waals surface area contributed by atoms with Crippen LogP contribution in [0.1, 0.15) is 43.7 Å². The maximum Gasteiger partial charge on any atom is 0.243 e. The molecule has 0 radical (unpaired) electrons. The normalized spacial score (nSPS) is 11.0. The van der Waals surface area contributed by atoms with Gasteiger partial charge >= 0.3 is 0 Å². The van der Waals surface area contributed by atoms with Gasteiger partial charge in [-0.05, 0) is 70.4 Å². The first-order valence-corrected chi connectivity index (χ1v) is 14.7. The van der Waals surface area contributed by atoms with Crippen molar-refractivity contribution in [3.05, 3.63) is 130 Å². The standard InChI is InChI=1S/C39H40BNO/c1-25-19-27(3)38(28(4)20-25)40(39-29(5)21-26(2)22-30(39)6)36-12-10-9-11-34(36)35-23-33(17-18-37(35)41(7)8)32-15-13-31(24-42)14-16-32/h9-24H,1-8H3. The molecule has 0 aliphatic heterocycles. The lowest BCUT2D eigenvalue weighted by Gasteiger charge is -2.28. The summed E-state index contributed by atoms with van der Waals surface area (Å²) in [6.07, 6.45) is 0.894. The SMILES string of the molecule is Cc1cc(C)c(B(c2ccccc2-c2cc(-c3ccc(C=O)cc3)ccc2N(C)C)c2c(C)cc(C)cc2C)c(C)c1. The molecule has 210 valence electrons. The van der Waals surface area contributed by atoms with Gasteiger partial charge in [-0.3, -0.25) is 4.79 Å². The molecule has 0 atom stereocenters. The summed E-state index contributed by atoms with van der Waals surface area (Å²) in [5.74, 6) is 0. The Morgan fingerprint density at radius 3 is 1.57 bits per heavy atom. The van der Waals surface area contributed by atoms with Gasteiger partial charge in [0.15, 0.2) is 0 Å². The Morgan fingerprint density at radius 1 is 0.571 bits per heavy atom. The molecule has 0 amide bonds. The van der Waals surface area contributed by atoms with E-state index in [1.807, 2.05) is 24.3 Å². The van der Waals surface area contributed by atoms with Crippen molar-refractivity contribution in [1.82, 2.24) is 0 Å². The Morgan fingerprint density at radius 2 is 1.07 bits per heavy atom. The predicted molar refractivity (Wildman–Crippen MR) is 183 cm³/mol. The molecule has 5 aromatic rings. The van der Waals surface area contributed by atoms with E-state index in [1.54, 1.807) is 0 Å². The minimum Gasteiger partial charge on any atom is -0.377 e. The number of hydrogen-bond acceptors (Lipinski definition) is 2. The summed E-state index contributed by atoms with van der Waals surface area (Å²) < 4.78 is 0. The highest BCUT2D eigenvalue weighted by Gasteiger charge is 2.31. The van der Waals surface area contributed by atoms with E-state index in [-0.39, 0.29) is 6.71 Å². The minimum absolute atomic E-state index is 0.0768. The molecule has 0 fully saturated rings. The third kappa shape index (κ3) is 5.57. The summed E-state index contributed by atoms with van der Waals surface area (Å²) in [5.41, 5.74) is 18.5. The second-order valence-electron chi connectivity index (χ2n) is 12.0. The molecule has 0 heterocycles. The number of aryl methyl sites for hydroxylation is 6. The van der Waals surface area contributed by atoms with Gasteiger partial charge < -0.3 is 4.90 Å². The van der Waals surface area contributed by atoms with Gasteiger partial charge in [0, 0.05) is 30.9 Å². The molecule has 0 unspecified atom stereocenters. The molecule has 0 aliphatic rings.